The predicted molar refractivity (Wildman–Crippen MR) is 58.9 cm³/mol. The SMILES string of the molecule is CC(C)(O)CC(=O)NC(CCC(N)=O)C(=O)O. The summed E-state index contributed by atoms with van der Waals surface area (Å²) in [5.41, 5.74) is 3.68. The summed E-state index contributed by atoms with van der Waals surface area (Å²) in [5, 5.41) is 20.4. The third-order valence-electron chi connectivity index (χ3n) is 1.91. The van der Waals surface area contributed by atoms with Gasteiger partial charge in [0.1, 0.15) is 6.04 Å². The van der Waals surface area contributed by atoms with Crippen molar-refractivity contribution in [2.45, 2.75) is 44.8 Å². The van der Waals surface area contributed by atoms with Gasteiger partial charge in [-0.1, -0.05) is 0 Å². The molecule has 0 aliphatic rings. The second-order valence-corrected chi connectivity index (χ2v) is 4.45. The van der Waals surface area contributed by atoms with Gasteiger partial charge in [0.25, 0.3) is 0 Å². The topological polar surface area (TPSA) is 130 Å². The van der Waals surface area contributed by atoms with Gasteiger partial charge >= 0.3 is 5.97 Å². The van der Waals surface area contributed by atoms with Gasteiger partial charge < -0.3 is 21.3 Å². The molecule has 0 radical (unpaired) electrons. The van der Waals surface area contributed by atoms with Crippen LogP contribution in [0.25, 0.3) is 0 Å². The molecule has 0 aromatic heterocycles. The van der Waals surface area contributed by atoms with E-state index in [2.05, 4.69) is 5.32 Å². The molecule has 7 heteroatoms. The first-order valence-corrected chi connectivity index (χ1v) is 5.14. The van der Waals surface area contributed by atoms with Crippen molar-refractivity contribution in [3.8, 4) is 0 Å². The van der Waals surface area contributed by atoms with Crippen LogP contribution >= 0.6 is 0 Å². The van der Waals surface area contributed by atoms with Crippen LogP contribution in [0.4, 0.5) is 0 Å². The quantitative estimate of drug-likeness (QED) is 0.457. The zero-order chi connectivity index (χ0) is 13.6. The summed E-state index contributed by atoms with van der Waals surface area (Å²) >= 11 is 0. The lowest BCUT2D eigenvalue weighted by Crippen LogP contribution is -2.43. The molecule has 0 rings (SSSR count). The first kappa shape index (κ1) is 15.4. The minimum Gasteiger partial charge on any atom is -0.480 e. The molecule has 0 fully saturated rings. The van der Waals surface area contributed by atoms with Gasteiger partial charge in [0.05, 0.1) is 12.0 Å². The summed E-state index contributed by atoms with van der Waals surface area (Å²) in [6.45, 7) is 2.87. The average Bonchev–Trinajstić information content (AvgIpc) is 2.08. The normalized spacial score (nSPS) is 12.9. The second kappa shape index (κ2) is 6.19. The summed E-state index contributed by atoms with van der Waals surface area (Å²) in [4.78, 5) is 32.7. The second-order valence-electron chi connectivity index (χ2n) is 4.45. The molecule has 0 aromatic rings. The smallest absolute Gasteiger partial charge is 0.326 e. The van der Waals surface area contributed by atoms with Crippen molar-refractivity contribution < 1.29 is 24.6 Å². The van der Waals surface area contributed by atoms with E-state index in [1.165, 1.54) is 13.8 Å². The zero-order valence-electron chi connectivity index (χ0n) is 9.90. The van der Waals surface area contributed by atoms with E-state index in [9.17, 15) is 19.5 Å². The summed E-state index contributed by atoms with van der Waals surface area (Å²) in [5.74, 6) is -2.46. The van der Waals surface area contributed by atoms with Crippen molar-refractivity contribution in [3.63, 3.8) is 0 Å². The number of aliphatic hydroxyl groups is 1. The van der Waals surface area contributed by atoms with Crippen LogP contribution in [0.5, 0.6) is 0 Å². The minimum absolute atomic E-state index is 0.0672. The minimum atomic E-state index is -1.24. The van der Waals surface area contributed by atoms with E-state index in [0.717, 1.165) is 0 Å². The first-order valence-electron chi connectivity index (χ1n) is 5.14. The number of aliphatic carboxylic acids is 1. The van der Waals surface area contributed by atoms with Crippen molar-refractivity contribution in [1.82, 2.24) is 5.32 Å². The number of carboxylic acids is 1. The van der Waals surface area contributed by atoms with E-state index in [0.29, 0.717) is 0 Å². The molecule has 1 atom stereocenters. The molecule has 0 aromatic carbocycles. The lowest BCUT2D eigenvalue weighted by molar-refractivity contribution is -0.142. The number of amides is 2. The molecule has 7 nitrogen and oxygen atoms in total. The Bertz CT molecular complexity index is 308. The molecule has 0 saturated carbocycles. The highest BCUT2D eigenvalue weighted by atomic mass is 16.4. The number of primary amides is 1. The fourth-order valence-corrected chi connectivity index (χ4v) is 1.18. The van der Waals surface area contributed by atoms with Gasteiger partial charge in [-0.25, -0.2) is 4.79 Å². The lowest BCUT2D eigenvalue weighted by Gasteiger charge is -2.19. The number of rotatable bonds is 7. The van der Waals surface area contributed by atoms with E-state index in [4.69, 9.17) is 10.8 Å². The number of nitrogens with one attached hydrogen (secondary N) is 1. The highest BCUT2D eigenvalue weighted by Crippen LogP contribution is 2.07. The van der Waals surface area contributed by atoms with Crippen LogP contribution in [0.2, 0.25) is 0 Å². The highest BCUT2D eigenvalue weighted by molar-refractivity contribution is 5.84. The molecule has 0 heterocycles. The fraction of sp³-hybridized carbons (Fsp3) is 0.700. The maximum Gasteiger partial charge on any atom is 0.326 e. The molecule has 0 spiro atoms. The molecule has 0 bridgehead atoms. The summed E-state index contributed by atoms with van der Waals surface area (Å²) in [7, 11) is 0. The Morgan fingerprint density at radius 1 is 1.35 bits per heavy atom. The first-order chi connectivity index (χ1) is 7.61. The number of nitrogens with two attached hydrogens (primary N) is 1. The van der Waals surface area contributed by atoms with Crippen LogP contribution in [0.3, 0.4) is 0 Å². The molecule has 0 aliphatic heterocycles. The summed E-state index contributed by atoms with van der Waals surface area (Å²) < 4.78 is 0. The maximum absolute atomic E-state index is 11.4. The number of carbonyl (C=O) groups is 3. The molecule has 0 aliphatic carbocycles. The highest BCUT2D eigenvalue weighted by Gasteiger charge is 2.24. The van der Waals surface area contributed by atoms with E-state index >= 15 is 0 Å². The largest absolute Gasteiger partial charge is 0.480 e. The van der Waals surface area contributed by atoms with Crippen molar-refractivity contribution in [2.75, 3.05) is 0 Å². The van der Waals surface area contributed by atoms with Gasteiger partial charge in [-0.15, -0.1) is 0 Å². The molecule has 2 amide bonds. The Kier molecular flexibility index (Phi) is 5.60. The number of carboxylic acid groups (broad SMARTS) is 1. The third-order valence-corrected chi connectivity index (χ3v) is 1.91. The van der Waals surface area contributed by atoms with Crippen LogP contribution in [0, 0.1) is 0 Å². The Balaban J connectivity index is 4.30. The molecule has 98 valence electrons. The van der Waals surface area contributed by atoms with Crippen LogP contribution in [0.15, 0.2) is 0 Å². The van der Waals surface area contributed by atoms with Crippen molar-refractivity contribution in [3.05, 3.63) is 0 Å². The van der Waals surface area contributed by atoms with Gasteiger partial charge in [0.15, 0.2) is 0 Å². The Labute approximate surface area is 99.0 Å². The van der Waals surface area contributed by atoms with Crippen molar-refractivity contribution >= 4 is 17.8 Å². The number of hydrogen-bond donors (Lipinski definition) is 4. The predicted octanol–water partition coefficient (Wildman–Crippen LogP) is -1.02. The average molecular weight is 246 g/mol. The van der Waals surface area contributed by atoms with Crippen molar-refractivity contribution in [2.24, 2.45) is 5.73 Å². The van der Waals surface area contributed by atoms with Gasteiger partial charge in [-0.05, 0) is 20.3 Å². The van der Waals surface area contributed by atoms with Gasteiger partial charge in [-0.2, -0.15) is 0 Å². The maximum atomic E-state index is 11.4. The van der Waals surface area contributed by atoms with Crippen LogP contribution in [-0.2, 0) is 14.4 Å². The molecule has 17 heavy (non-hydrogen) atoms. The van der Waals surface area contributed by atoms with Crippen LogP contribution in [0.1, 0.15) is 33.1 Å². The van der Waals surface area contributed by atoms with E-state index in [1.54, 1.807) is 0 Å². The van der Waals surface area contributed by atoms with E-state index in [1.807, 2.05) is 0 Å². The fourth-order valence-electron chi connectivity index (χ4n) is 1.18. The Morgan fingerprint density at radius 3 is 2.24 bits per heavy atom. The van der Waals surface area contributed by atoms with Crippen LogP contribution in [-0.4, -0.2) is 39.6 Å². The van der Waals surface area contributed by atoms with Gasteiger partial charge in [0, 0.05) is 6.42 Å². The molecular weight excluding hydrogens is 228 g/mol. The summed E-state index contributed by atoms with van der Waals surface area (Å²) in [6, 6.07) is -1.17. The number of carbonyl (C=O) groups excluding carboxylic acids is 2. The van der Waals surface area contributed by atoms with E-state index < -0.39 is 29.4 Å². The Morgan fingerprint density at radius 2 is 1.88 bits per heavy atom. The third kappa shape index (κ3) is 8.21. The molecule has 1 unspecified atom stereocenters. The molecule has 0 saturated heterocycles. The van der Waals surface area contributed by atoms with Crippen molar-refractivity contribution in [1.29, 1.82) is 0 Å². The molecule has 5 N–H and O–H groups in total. The molecular formula is C10H18N2O5. The standard InChI is InChI=1S/C10H18N2O5/c1-10(2,17)5-8(14)12-6(9(15)16)3-4-7(11)13/h6,17H,3-5H2,1-2H3,(H2,11,13)(H,12,14)(H,15,16). The zero-order valence-corrected chi connectivity index (χ0v) is 9.90. The monoisotopic (exact) mass is 246 g/mol. The Hall–Kier alpha value is -1.63. The number of hydrogen-bond acceptors (Lipinski definition) is 4. The van der Waals surface area contributed by atoms with E-state index in [-0.39, 0.29) is 19.3 Å². The van der Waals surface area contributed by atoms with Gasteiger partial charge in [-0.3, -0.25) is 9.59 Å². The van der Waals surface area contributed by atoms with Gasteiger partial charge in [0.2, 0.25) is 11.8 Å². The lowest BCUT2D eigenvalue weighted by atomic mass is 10.0. The summed E-state index contributed by atoms with van der Waals surface area (Å²) in [6.07, 6.45) is -0.407. The van der Waals surface area contributed by atoms with Crippen LogP contribution < -0.4 is 11.1 Å².